The quantitative estimate of drug-likeness (QED) is 0.517. The van der Waals surface area contributed by atoms with E-state index in [0.29, 0.717) is 22.6 Å². The summed E-state index contributed by atoms with van der Waals surface area (Å²) in [5.41, 5.74) is 8.12. The Morgan fingerprint density at radius 2 is 2.03 bits per heavy atom. The molecule has 1 aliphatic rings. The third-order valence-corrected chi connectivity index (χ3v) is 5.42. The first-order valence-corrected chi connectivity index (χ1v) is 10.0. The summed E-state index contributed by atoms with van der Waals surface area (Å²) in [6.07, 6.45) is 1.38. The number of nitrogens with zero attached hydrogens (tertiary/aromatic N) is 2. The van der Waals surface area contributed by atoms with Crippen LogP contribution in [0.2, 0.25) is 10.0 Å². The summed E-state index contributed by atoms with van der Waals surface area (Å²) in [4.78, 5) is 32.2. The standard InChI is InChI=1S/C21H17Cl2N5O3/c1-9-6-12(18(24)29)13(22)7-15(9)27-21-25-8-14(23)20(28-21)31-16-5-3-4-11-10(2)26-19(30)17(11)16/h3-8,10H,1-2H3,(H2,24,29)(H,26,30)(H,25,27,28)/t10-/m0/s1. The van der Waals surface area contributed by atoms with Gasteiger partial charge in [-0.1, -0.05) is 35.3 Å². The number of amides is 2. The van der Waals surface area contributed by atoms with Crippen LogP contribution in [-0.4, -0.2) is 21.8 Å². The SMILES string of the molecule is Cc1cc(C(N)=O)c(Cl)cc1Nc1ncc(Cl)c(Oc2cccc3c2C(=O)N[C@H]3C)n1. The van der Waals surface area contributed by atoms with E-state index in [1.807, 2.05) is 13.0 Å². The Balaban J connectivity index is 1.65. The monoisotopic (exact) mass is 457 g/mol. The van der Waals surface area contributed by atoms with Gasteiger partial charge in [0, 0.05) is 5.69 Å². The molecule has 2 amide bonds. The van der Waals surface area contributed by atoms with E-state index < -0.39 is 5.91 Å². The molecule has 1 aliphatic heterocycles. The molecule has 4 rings (SSSR count). The molecule has 0 unspecified atom stereocenters. The highest BCUT2D eigenvalue weighted by molar-refractivity contribution is 6.34. The van der Waals surface area contributed by atoms with Gasteiger partial charge < -0.3 is 21.1 Å². The smallest absolute Gasteiger partial charge is 0.255 e. The van der Waals surface area contributed by atoms with Gasteiger partial charge in [-0.25, -0.2) is 4.98 Å². The predicted octanol–water partition coefficient (Wildman–Crippen LogP) is 4.53. The average Bonchev–Trinajstić information content (AvgIpc) is 3.01. The molecule has 0 aliphatic carbocycles. The Morgan fingerprint density at radius 1 is 1.26 bits per heavy atom. The molecule has 10 heteroatoms. The number of primary amides is 1. The van der Waals surface area contributed by atoms with Gasteiger partial charge in [0.2, 0.25) is 17.7 Å². The predicted molar refractivity (Wildman–Crippen MR) is 117 cm³/mol. The summed E-state index contributed by atoms with van der Waals surface area (Å²) in [6, 6.07) is 8.36. The van der Waals surface area contributed by atoms with Crippen molar-refractivity contribution in [1.29, 1.82) is 0 Å². The van der Waals surface area contributed by atoms with Crippen LogP contribution in [0.3, 0.4) is 0 Å². The van der Waals surface area contributed by atoms with Gasteiger partial charge in [-0.05, 0) is 43.2 Å². The molecule has 0 fully saturated rings. The molecule has 31 heavy (non-hydrogen) atoms. The normalized spacial score (nSPS) is 14.7. The van der Waals surface area contributed by atoms with Crippen LogP contribution in [0.5, 0.6) is 11.6 Å². The molecule has 4 N–H and O–H groups in total. The highest BCUT2D eigenvalue weighted by Gasteiger charge is 2.29. The lowest BCUT2D eigenvalue weighted by Crippen LogP contribution is -2.16. The van der Waals surface area contributed by atoms with Gasteiger partial charge in [0.1, 0.15) is 10.8 Å². The second kappa shape index (κ2) is 8.05. The number of fused-ring (bicyclic) bond motifs is 1. The van der Waals surface area contributed by atoms with Crippen LogP contribution in [0, 0.1) is 6.92 Å². The van der Waals surface area contributed by atoms with E-state index in [9.17, 15) is 9.59 Å². The zero-order chi connectivity index (χ0) is 22.3. The van der Waals surface area contributed by atoms with Gasteiger partial charge in [0.05, 0.1) is 28.4 Å². The van der Waals surface area contributed by atoms with Crippen molar-refractivity contribution < 1.29 is 14.3 Å². The summed E-state index contributed by atoms with van der Waals surface area (Å²) in [5, 5.41) is 6.25. The van der Waals surface area contributed by atoms with E-state index in [-0.39, 0.29) is 39.4 Å². The number of nitrogens with two attached hydrogens (primary N) is 1. The molecule has 0 saturated carbocycles. The van der Waals surface area contributed by atoms with Gasteiger partial charge in [0.15, 0.2) is 0 Å². The van der Waals surface area contributed by atoms with E-state index >= 15 is 0 Å². The van der Waals surface area contributed by atoms with Crippen LogP contribution in [0.1, 0.15) is 44.8 Å². The third-order valence-electron chi connectivity index (χ3n) is 4.84. The molecule has 0 bridgehead atoms. The second-order valence-electron chi connectivity index (χ2n) is 7.00. The van der Waals surface area contributed by atoms with Crippen molar-refractivity contribution in [2.24, 2.45) is 5.73 Å². The maximum absolute atomic E-state index is 12.3. The summed E-state index contributed by atoms with van der Waals surface area (Å²) >= 11 is 12.4. The molecule has 2 heterocycles. The number of halogens is 2. The van der Waals surface area contributed by atoms with E-state index in [0.717, 1.165) is 5.56 Å². The number of hydrogen-bond acceptors (Lipinski definition) is 6. The minimum atomic E-state index is -0.619. The lowest BCUT2D eigenvalue weighted by atomic mass is 10.1. The summed E-state index contributed by atoms with van der Waals surface area (Å²) in [5.74, 6) is -0.225. The first-order chi connectivity index (χ1) is 14.7. The number of benzene rings is 2. The van der Waals surface area contributed by atoms with Gasteiger partial charge in [-0.15, -0.1) is 0 Å². The summed E-state index contributed by atoms with van der Waals surface area (Å²) < 4.78 is 5.88. The van der Waals surface area contributed by atoms with Crippen molar-refractivity contribution in [2.45, 2.75) is 19.9 Å². The highest BCUT2D eigenvalue weighted by Crippen LogP contribution is 2.36. The molecular formula is C21H17Cl2N5O3. The maximum atomic E-state index is 12.3. The lowest BCUT2D eigenvalue weighted by Gasteiger charge is -2.13. The number of nitrogens with one attached hydrogen (secondary N) is 2. The topological polar surface area (TPSA) is 119 Å². The second-order valence-corrected chi connectivity index (χ2v) is 7.81. The summed E-state index contributed by atoms with van der Waals surface area (Å²) in [6.45, 7) is 3.68. The molecule has 0 saturated heterocycles. The van der Waals surface area contributed by atoms with Crippen molar-refractivity contribution in [3.8, 4) is 11.6 Å². The Kier molecular flexibility index (Phi) is 5.43. The number of carbonyl (C=O) groups excluding carboxylic acids is 2. The largest absolute Gasteiger partial charge is 0.437 e. The van der Waals surface area contributed by atoms with Crippen LogP contribution in [0.15, 0.2) is 36.5 Å². The molecule has 2 aromatic carbocycles. The molecule has 3 aromatic rings. The number of anilines is 2. The zero-order valence-corrected chi connectivity index (χ0v) is 18.0. The molecule has 1 aromatic heterocycles. The van der Waals surface area contributed by atoms with Gasteiger partial charge >= 0.3 is 0 Å². The number of aryl methyl sites for hydroxylation is 1. The van der Waals surface area contributed by atoms with Crippen molar-refractivity contribution in [2.75, 3.05) is 5.32 Å². The molecule has 0 spiro atoms. The van der Waals surface area contributed by atoms with E-state index in [1.54, 1.807) is 31.2 Å². The van der Waals surface area contributed by atoms with Crippen molar-refractivity contribution in [1.82, 2.24) is 15.3 Å². The fourth-order valence-electron chi connectivity index (χ4n) is 3.30. The van der Waals surface area contributed by atoms with E-state index in [1.165, 1.54) is 6.20 Å². The van der Waals surface area contributed by atoms with Crippen molar-refractivity contribution >= 4 is 46.7 Å². The average molecular weight is 458 g/mol. The Bertz CT molecular complexity index is 1230. The Hall–Kier alpha value is -3.36. The van der Waals surface area contributed by atoms with Gasteiger partial charge in [-0.2, -0.15) is 4.98 Å². The summed E-state index contributed by atoms with van der Waals surface area (Å²) in [7, 11) is 0. The van der Waals surface area contributed by atoms with Crippen molar-refractivity contribution in [3.05, 3.63) is 68.8 Å². The van der Waals surface area contributed by atoms with E-state index in [4.69, 9.17) is 33.7 Å². The van der Waals surface area contributed by atoms with Crippen LogP contribution < -0.4 is 21.1 Å². The molecule has 8 nitrogen and oxygen atoms in total. The molecule has 1 atom stereocenters. The number of aromatic nitrogens is 2. The van der Waals surface area contributed by atoms with Crippen LogP contribution in [0.25, 0.3) is 0 Å². The first-order valence-electron chi connectivity index (χ1n) is 9.25. The first kappa shape index (κ1) is 20.9. The fraction of sp³-hybridized carbons (Fsp3) is 0.143. The lowest BCUT2D eigenvalue weighted by molar-refractivity contribution is 0.0955. The van der Waals surface area contributed by atoms with Crippen LogP contribution in [0.4, 0.5) is 11.6 Å². The van der Waals surface area contributed by atoms with Gasteiger partial charge in [-0.3, -0.25) is 9.59 Å². The number of rotatable bonds is 5. The van der Waals surface area contributed by atoms with Crippen LogP contribution >= 0.6 is 23.2 Å². The molecule has 158 valence electrons. The number of hydrogen-bond donors (Lipinski definition) is 3. The minimum absolute atomic E-state index is 0.0809. The van der Waals surface area contributed by atoms with Crippen LogP contribution in [-0.2, 0) is 0 Å². The number of carbonyl (C=O) groups is 2. The number of ether oxygens (including phenoxy) is 1. The molecule has 0 radical (unpaired) electrons. The Labute approximate surface area is 187 Å². The third kappa shape index (κ3) is 3.99. The van der Waals surface area contributed by atoms with E-state index in [2.05, 4.69) is 20.6 Å². The van der Waals surface area contributed by atoms with Crippen molar-refractivity contribution in [3.63, 3.8) is 0 Å². The minimum Gasteiger partial charge on any atom is -0.437 e. The zero-order valence-electron chi connectivity index (χ0n) is 16.5. The van der Waals surface area contributed by atoms with Gasteiger partial charge in [0.25, 0.3) is 5.91 Å². The highest BCUT2D eigenvalue weighted by atomic mass is 35.5. The fourth-order valence-corrected chi connectivity index (χ4v) is 3.68. The molecular weight excluding hydrogens is 441 g/mol. The Morgan fingerprint density at radius 3 is 2.77 bits per heavy atom. The maximum Gasteiger partial charge on any atom is 0.255 e.